The highest BCUT2D eigenvalue weighted by Gasteiger charge is 2.12. The largest absolute Gasteiger partial charge is 0.356 e. The molecule has 0 aliphatic heterocycles. The molecule has 0 aliphatic rings. The molecule has 0 aliphatic carbocycles. The normalized spacial score (nSPS) is 12.2. The lowest BCUT2D eigenvalue weighted by Crippen LogP contribution is -2.29. The molecule has 1 amide bonds. The Balaban J connectivity index is 2.47. The van der Waals surface area contributed by atoms with Gasteiger partial charge in [-0.2, -0.15) is 0 Å². The minimum absolute atomic E-state index is 0.0373. The number of rotatable bonds is 8. The highest BCUT2D eigenvalue weighted by molar-refractivity contribution is 5.99. The molecule has 0 saturated carbocycles. The molecule has 4 heteroatoms. The van der Waals surface area contributed by atoms with Gasteiger partial charge < -0.3 is 10.3 Å². The fourth-order valence-corrected chi connectivity index (χ4v) is 2.00. The van der Waals surface area contributed by atoms with Crippen molar-refractivity contribution in [2.75, 3.05) is 6.54 Å². The van der Waals surface area contributed by atoms with Crippen LogP contribution < -0.4 is 5.32 Å². The molecule has 19 heavy (non-hydrogen) atoms. The van der Waals surface area contributed by atoms with Gasteiger partial charge in [-0.05, 0) is 25.3 Å². The highest BCUT2D eigenvalue weighted by atomic mass is 16.2. The van der Waals surface area contributed by atoms with E-state index in [2.05, 4.69) is 24.1 Å². The SMILES string of the molecule is CCCCC(CC)CNC(=O)c1cc(C(C)=O)c[nH]1. The van der Waals surface area contributed by atoms with E-state index in [1.165, 1.54) is 19.8 Å². The van der Waals surface area contributed by atoms with E-state index in [9.17, 15) is 9.59 Å². The number of Topliss-reactive ketones (excluding diaryl/α,β-unsaturated/α-hetero) is 1. The number of nitrogens with one attached hydrogen (secondary N) is 2. The summed E-state index contributed by atoms with van der Waals surface area (Å²) in [6, 6.07) is 1.60. The fraction of sp³-hybridized carbons (Fsp3) is 0.600. The van der Waals surface area contributed by atoms with E-state index in [0.717, 1.165) is 12.8 Å². The summed E-state index contributed by atoms with van der Waals surface area (Å²) in [5.41, 5.74) is 0.999. The first kappa shape index (κ1) is 15.5. The van der Waals surface area contributed by atoms with Gasteiger partial charge in [0.15, 0.2) is 5.78 Å². The van der Waals surface area contributed by atoms with Gasteiger partial charge in [-0.25, -0.2) is 0 Å². The zero-order valence-electron chi connectivity index (χ0n) is 12.1. The monoisotopic (exact) mass is 264 g/mol. The van der Waals surface area contributed by atoms with Crippen molar-refractivity contribution in [3.05, 3.63) is 23.5 Å². The van der Waals surface area contributed by atoms with Crippen LogP contribution in [0.25, 0.3) is 0 Å². The van der Waals surface area contributed by atoms with Gasteiger partial charge in [0.1, 0.15) is 5.69 Å². The van der Waals surface area contributed by atoms with Crippen LogP contribution in [0.5, 0.6) is 0 Å². The maximum atomic E-state index is 11.9. The van der Waals surface area contributed by atoms with Crippen LogP contribution in [0.3, 0.4) is 0 Å². The Labute approximate surface area is 115 Å². The van der Waals surface area contributed by atoms with E-state index >= 15 is 0 Å². The Morgan fingerprint density at radius 2 is 2.11 bits per heavy atom. The zero-order valence-corrected chi connectivity index (χ0v) is 12.1. The number of carbonyl (C=O) groups excluding carboxylic acids is 2. The molecule has 1 heterocycles. The maximum absolute atomic E-state index is 11.9. The topological polar surface area (TPSA) is 62.0 Å². The summed E-state index contributed by atoms with van der Waals surface area (Å²) in [5, 5.41) is 2.93. The number of unbranched alkanes of at least 4 members (excludes halogenated alkanes) is 1. The van der Waals surface area contributed by atoms with E-state index in [4.69, 9.17) is 0 Å². The number of hydrogen-bond donors (Lipinski definition) is 2. The third-order valence-corrected chi connectivity index (χ3v) is 3.43. The minimum atomic E-state index is -0.137. The van der Waals surface area contributed by atoms with Gasteiger partial charge in [0.25, 0.3) is 5.91 Å². The number of amides is 1. The summed E-state index contributed by atoms with van der Waals surface area (Å²) in [6.45, 7) is 6.51. The number of hydrogen-bond acceptors (Lipinski definition) is 2. The average molecular weight is 264 g/mol. The Kier molecular flexibility index (Phi) is 6.33. The maximum Gasteiger partial charge on any atom is 0.267 e. The second kappa shape index (κ2) is 7.77. The van der Waals surface area contributed by atoms with Gasteiger partial charge >= 0.3 is 0 Å². The lowest BCUT2D eigenvalue weighted by Gasteiger charge is -2.14. The number of carbonyl (C=O) groups is 2. The molecule has 0 radical (unpaired) electrons. The molecule has 1 atom stereocenters. The Morgan fingerprint density at radius 3 is 2.63 bits per heavy atom. The molecule has 1 aromatic heterocycles. The number of aromatic amines is 1. The summed E-state index contributed by atoms with van der Waals surface area (Å²) in [6.07, 6.45) is 6.18. The predicted molar refractivity (Wildman–Crippen MR) is 76.4 cm³/mol. The molecule has 106 valence electrons. The van der Waals surface area contributed by atoms with Crippen molar-refractivity contribution >= 4 is 11.7 Å². The van der Waals surface area contributed by atoms with Crippen LogP contribution in [0, 0.1) is 5.92 Å². The van der Waals surface area contributed by atoms with Crippen LogP contribution in [0.2, 0.25) is 0 Å². The van der Waals surface area contributed by atoms with E-state index in [-0.39, 0.29) is 11.7 Å². The second-order valence-corrected chi connectivity index (χ2v) is 4.98. The van der Waals surface area contributed by atoms with Crippen molar-refractivity contribution < 1.29 is 9.59 Å². The molecule has 1 rings (SSSR count). The summed E-state index contributed by atoms with van der Waals surface area (Å²) in [5.74, 6) is 0.360. The van der Waals surface area contributed by atoms with Gasteiger partial charge in [0.05, 0.1) is 0 Å². The Bertz CT molecular complexity index is 424. The third-order valence-electron chi connectivity index (χ3n) is 3.43. The lowest BCUT2D eigenvalue weighted by molar-refractivity contribution is 0.0941. The summed E-state index contributed by atoms with van der Waals surface area (Å²) < 4.78 is 0. The average Bonchev–Trinajstić information content (AvgIpc) is 2.88. The van der Waals surface area contributed by atoms with Crippen molar-refractivity contribution in [2.45, 2.75) is 46.5 Å². The van der Waals surface area contributed by atoms with Gasteiger partial charge in [0.2, 0.25) is 0 Å². The quantitative estimate of drug-likeness (QED) is 0.708. The van der Waals surface area contributed by atoms with Gasteiger partial charge in [-0.15, -0.1) is 0 Å². The molecular formula is C15H24N2O2. The summed E-state index contributed by atoms with van der Waals surface area (Å²) in [4.78, 5) is 25.9. The Morgan fingerprint density at radius 1 is 1.37 bits per heavy atom. The van der Waals surface area contributed by atoms with E-state index < -0.39 is 0 Å². The van der Waals surface area contributed by atoms with Crippen LogP contribution in [0.4, 0.5) is 0 Å². The lowest BCUT2D eigenvalue weighted by atomic mass is 9.99. The molecular weight excluding hydrogens is 240 g/mol. The number of H-pyrrole nitrogens is 1. The van der Waals surface area contributed by atoms with Gasteiger partial charge in [-0.1, -0.05) is 33.1 Å². The first-order valence-electron chi connectivity index (χ1n) is 7.06. The van der Waals surface area contributed by atoms with Crippen LogP contribution in [-0.4, -0.2) is 23.2 Å². The van der Waals surface area contributed by atoms with E-state index in [1.54, 1.807) is 12.3 Å². The van der Waals surface area contributed by atoms with Crippen LogP contribution in [-0.2, 0) is 0 Å². The van der Waals surface area contributed by atoms with E-state index in [0.29, 0.717) is 23.7 Å². The van der Waals surface area contributed by atoms with Gasteiger partial charge in [-0.3, -0.25) is 9.59 Å². The van der Waals surface area contributed by atoms with Crippen LogP contribution in [0.15, 0.2) is 12.3 Å². The molecule has 4 nitrogen and oxygen atoms in total. The highest BCUT2D eigenvalue weighted by Crippen LogP contribution is 2.11. The first-order valence-corrected chi connectivity index (χ1v) is 7.06. The number of aromatic nitrogens is 1. The van der Waals surface area contributed by atoms with Gasteiger partial charge in [0, 0.05) is 18.3 Å². The van der Waals surface area contributed by atoms with Crippen molar-refractivity contribution in [1.82, 2.24) is 10.3 Å². The zero-order chi connectivity index (χ0) is 14.3. The fourth-order valence-electron chi connectivity index (χ4n) is 2.00. The molecule has 1 aromatic rings. The predicted octanol–water partition coefficient (Wildman–Crippen LogP) is 3.16. The van der Waals surface area contributed by atoms with E-state index in [1.807, 2.05) is 0 Å². The van der Waals surface area contributed by atoms with Crippen LogP contribution in [0.1, 0.15) is 67.3 Å². The number of ketones is 1. The summed E-state index contributed by atoms with van der Waals surface area (Å²) >= 11 is 0. The standard InChI is InChI=1S/C15H24N2O2/c1-4-6-7-12(5-2)9-17-15(19)14-8-13(10-16-14)11(3)18/h8,10,12,16H,4-7,9H2,1-3H3,(H,17,19). The van der Waals surface area contributed by atoms with Crippen LogP contribution >= 0.6 is 0 Å². The molecule has 0 bridgehead atoms. The molecule has 0 aromatic carbocycles. The molecule has 0 spiro atoms. The van der Waals surface area contributed by atoms with Crippen molar-refractivity contribution in [3.63, 3.8) is 0 Å². The molecule has 0 saturated heterocycles. The third kappa shape index (κ3) is 4.89. The van der Waals surface area contributed by atoms with Crippen molar-refractivity contribution in [2.24, 2.45) is 5.92 Å². The van der Waals surface area contributed by atoms with Crippen molar-refractivity contribution in [3.8, 4) is 0 Å². The molecule has 0 fully saturated rings. The minimum Gasteiger partial charge on any atom is -0.356 e. The van der Waals surface area contributed by atoms with Crippen molar-refractivity contribution in [1.29, 1.82) is 0 Å². The summed E-state index contributed by atoms with van der Waals surface area (Å²) in [7, 11) is 0. The molecule has 1 unspecified atom stereocenters. The smallest absolute Gasteiger partial charge is 0.267 e. The molecule has 2 N–H and O–H groups in total. The second-order valence-electron chi connectivity index (χ2n) is 4.98. The Hall–Kier alpha value is -1.58. The first-order chi connectivity index (χ1) is 9.08.